The van der Waals surface area contributed by atoms with Gasteiger partial charge in [0.05, 0.1) is 11.8 Å². The number of aromatic nitrogens is 2. The maximum atomic E-state index is 10.5. The first-order valence-electron chi connectivity index (χ1n) is 5.16. The molecule has 0 unspecified atom stereocenters. The van der Waals surface area contributed by atoms with Crippen LogP contribution in [0.15, 0.2) is 12.3 Å². The second-order valence-electron chi connectivity index (χ2n) is 4.31. The van der Waals surface area contributed by atoms with Crippen molar-refractivity contribution in [3.8, 4) is 6.07 Å². The predicted octanol–water partition coefficient (Wildman–Crippen LogP) is 1.40. The van der Waals surface area contributed by atoms with Crippen LogP contribution in [0.2, 0.25) is 0 Å². The molecule has 0 saturated carbocycles. The second-order valence-corrected chi connectivity index (χ2v) is 4.31. The zero-order valence-electron chi connectivity index (χ0n) is 9.77. The molecule has 1 heterocycles. The molecule has 0 bridgehead atoms. The Hall–Kier alpha value is -2.16. The van der Waals surface area contributed by atoms with Crippen molar-refractivity contribution >= 4 is 11.8 Å². The maximum Gasteiger partial charge on any atom is 0.303 e. The number of nitrogens with zero attached hydrogens (tertiary/aromatic N) is 3. The van der Waals surface area contributed by atoms with Gasteiger partial charge in [-0.2, -0.15) is 10.4 Å². The Morgan fingerprint density at radius 3 is 2.94 bits per heavy atom. The Morgan fingerprint density at radius 1 is 1.65 bits per heavy atom. The van der Waals surface area contributed by atoms with E-state index >= 15 is 0 Å². The van der Waals surface area contributed by atoms with Crippen LogP contribution >= 0.6 is 0 Å². The highest BCUT2D eigenvalue weighted by Crippen LogP contribution is 2.19. The summed E-state index contributed by atoms with van der Waals surface area (Å²) in [5.41, 5.74) is -0.0663. The number of nitrogens with one attached hydrogen (secondary N) is 1. The summed E-state index contributed by atoms with van der Waals surface area (Å²) in [6, 6.07) is 3.56. The molecule has 0 aliphatic carbocycles. The fraction of sp³-hybridized carbons (Fsp3) is 0.455. The normalized spacial score (nSPS) is 10.6. The lowest BCUT2D eigenvalue weighted by molar-refractivity contribution is -0.137. The number of carboxylic acids is 1. The highest BCUT2D eigenvalue weighted by Gasteiger charge is 2.20. The largest absolute Gasteiger partial charge is 0.481 e. The van der Waals surface area contributed by atoms with Crippen LogP contribution in [-0.4, -0.2) is 26.8 Å². The van der Waals surface area contributed by atoms with Crippen LogP contribution < -0.4 is 5.32 Å². The zero-order chi connectivity index (χ0) is 12.9. The van der Waals surface area contributed by atoms with Gasteiger partial charge in [-0.1, -0.05) is 0 Å². The Labute approximate surface area is 99.3 Å². The van der Waals surface area contributed by atoms with Gasteiger partial charge >= 0.3 is 5.97 Å². The van der Waals surface area contributed by atoms with Crippen molar-refractivity contribution < 1.29 is 9.90 Å². The van der Waals surface area contributed by atoms with Crippen molar-refractivity contribution in [3.05, 3.63) is 17.8 Å². The zero-order valence-corrected chi connectivity index (χ0v) is 9.77. The molecule has 17 heavy (non-hydrogen) atoms. The van der Waals surface area contributed by atoms with E-state index in [1.54, 1.807) is 6.07 Å². The molecular formula is C11H14N4O2. The van der Waals surface area contributed by atoms with Gasteiger partial charge in [0.2, 0.25) is 0 Å². The lowest BCUT2D eigenvalue weighted by Crippen LogP contribution is -2.32. The van der Waals surface area contributed by atoms with Crippen LogP contribution in [0.5, 0.6) is 0 Å². The summed E-state index contributed by atoms with van der Waals surface area (Å²) in [7, 11) is 0. The minimum Gasteiger partial charge on any atom is -0.481 e. The Balaban J connectivity index is 2.76. The van der Waals surface area contributed by atoms with E-state index in [-0.39, 0.29) is 6.42 Å². The van der Waals surface area contributed by atoms with Gasteiger partial charge in [-0.05, 0) is 26.3 Å². The molecule has 0 saturated heterocycles. The van der Waals surface area contributed by atoms with Gasteiger partial charge in [0.25, 0.3) is 0 Å². The van der Waals surface area contributed by atoms with Crippen molar-refractivity contribution in [2.75, 3.05) is 5.32 Å². The number of anilines is 1. The van der Waals surface area contributed by atoms with Crippen LogP contribution in [0, 0.1) is 11.3 Å². The van der Waals surface area contributed by atoms with E-state index in [1.807, 2.05) is 19.9 Å². The van der Waals surface area contributed by atoms with Gasteiger partial charge in [0.1, 0.15) is 6.07 Å². The van der Waals surface area contributed by atoms with Crippen molar-refractivity contribution in [2.24, 2.45) is 0 Å². The maximum absolute atomic E-state index is 10.5. The van der Waals surface area contributed by atoms with E-state index in [4.69, 9.17) is 10.4 Å². The Kier molecular flexibility index (Phi) is 3.99. The highest BCUT2D eigenvalue weighted by molar-refractivity contribution is 5.67. The molecule has 6 heteroatoms. The molecule has 90 valence electrons. The van der Waals surface area contributed by atoms with Crippen molar-refractivity contribution in [1.29, 1.82) is 5.26 Å². The summed E-state index contributed by atoms with van der Waals surface area (Å²) in [5.74, 6) is -0.468. The highest BCUT2D eigenvalue weighted by atomic mass is 16.4. The molecule has 0 aliphatic heterocycles. The molecule has 0 spiro atoms. The van der Waals surface area contributed by atoms with Crippen LogP contribution in [0.3, 0.4) is 0 Å². The van der Waals surface area contributed by atoms with E-state index in [2.05, 4.69) is 15.5 Å². The van der Waals surface area contributed by atoms with Gasteiger partial charge < -0.3 is 10.4 Å². The Bertz CT molecular complexity index is 451. The molecule has 0 aliphatic rings. The quantitative estimate of drug-likeness (QED) is 0.799. The molecule has 6 nitrogen and oxygen atoms in total. The van der Waals surface area contributed by atoms with Crippen molar-refractivity contribution in [2.45, 2.75) is 32.2 Å². The smallest absolute Gasteiger partial charge is 0.303 e. The molecule has 0 fully saturated rings. The summed E-state index contributed by atoms with van der Waals surface area (Å²) in [4.78, 5) is 10.5. The fourth-order valence-corrected chi connectivity index (χ4v) is 1.32. The second kappa shape index (κ2) is 5.25. The molecule has 1 aromatic heterocycles. The first kappa shape index (κ1) is 12.9. The topological polar surface area (TPSA) is 98.9 Å². The van der Waals surface area contributed by atoms with Gasteiger partial charge in [0, 0.05) is 12.0 Å². The molecular weight excluding hydrogens is 220 g/mol. The number of nitriles is 1. The lowest BCUT2D eigenvalue weighted by Gasteiger charge is -2.26. The van der Waals surface area contributed by atoms with Gasteiger partial charge in [-0.25, -0.2) is 0 Å². The van der Waals surface area contributed by atoms with Crippen LogP contribution in [0.4, 0.5) is 5.82 Å². The summed E-state index contributed by atoms with van der Waals surface area (Å²) in [6.07, 6.45) is 1.93. The summed E-state index contributed by atoms with van der Waals surface area (Å²) >= 11 is 0. The SMILES string of the molecule is CC(C)(CCC(=O)O)Nc1nnccc1C#N. The summed E-state index contributed by atoms with van der Waals surface area (Å²) in [5, 5.41) is 28.1. The van der Waals surface area contributed by atoms with Gasteiger partial charge in [-0.15, -0.1) is 5.10 Å². The lowest BCUT2D eigenvalue weighted by atomic mass is 9.98. The van der Waals surface area contributed by atoms with Crippen LogP contribution in [0.1, 0.15) is 32.3 Å². The average Bonchev–Trinajstić information content (AvgIpc) is 2.27. The third-order valence-electron chi connectivity index (χ3n) is 2.26. The molecule has 1 rings (SSSR count). The number of aliphatic carboxylic acids is 1. The monoisotopic (exact) mass is 234 g/mol. The van der Waals surface area contributed by atoms with E-state index in [1.165, 1.54) is 6.20 Å². The number of hydrogen-bond acceptors (Lipinski definition) is 5. The minimum atomic E-state index is -0.848. The number of rotatable bonds is 5. The predicted molar refractivity (Wildman–Crippen MR) is 61.3 cm³/mol. The Morgan fingerprint density at radius 2 is 2.35 bits per heavy atom. The fourth-order valence-electron chi connectivity index (χ4n) is 1.32. The van der Waals surface area contributed by atoms with E-state index in [9.17, 15) is 4.79 Å². The number of carboxylic acid groups (broad SMARTS) is 1. The van der Waals surface area contributed by atoms with E-state index in [0.717, 1.165) is 0 Å². The molecule has 0 atom stereocenters. The third-order valence-corrected chi connectivity index (χ3v) is 2.26. The molecule has 0 aromatic carbocycles. The minimum absolute atomic E-state index is 0.0577. The number of hydrogen-bond donors (Lipinski definition) is 2. The first-order valence-corrected chi connectivity index (χ1v) is 5.16. The molecule has 1 aromatic rings. The van der Waals surface area contributed by atoms with Crippen LogP contribution in [0.25, 0.3) is 0 Å². The van der Waals surface area contributed by atoms with Crippen LogP contribution in [-0.2, 0) is 4.79 Å². The van der Waals surface area contributed by atoms with Crippen molar-refractivity contribution in [1.82, 2.24) is 10.2 Å². The van der Waals surface area contributed by atoms with E-state index in [0.29, 0.717) is 17.8 Å². The summed E-state index contributed by atoms with van der Waals surface area (Å²) in [6.45, 7) is 3.71. The first-order chi connectivity index (χ1) is 7.94. The molecule has 0 radical (unpaired) electrons. The standard InChI is InChI=1S/C11H14N4O2/c1-11(2,5-3-9(16)17)14-10-8(7-12)4-6-13-15-10/h4,6H,3,5H2,1-2H3,(H,14,15)(H,16,17). The third kappa shape index (κ3) is 4.07. The molecule has 2 N–H and O–H groups in total. The molecule has 0 amide bonds. The van der Waals surface area contributed by atoms with E-state index < -0.39 is 11.5 Å². The van der Waals surface area contributed by atoms with Crippen molar-refractivity contribution in [3.63, 3.8) is 0 Å². The van der Waals surface area contributed by atoms with Gasteiger partial charge in [0.15, 0.2) is 5.82 Å². The number of carbonyl (C=O) groups is 1. The average molecular weight is 234 g/mol. The summed E-state index contributed by atoms with van der Waals surface area (Å²) < 4.78 is 0. The van der Waals surface area contributed by atoms with Gasteiger partial charge in [-0.3, -0.25) is 4.79 Å².